The second kappa shape index (κ2) is 9.49. The van der Waals surface area contributed by atoms with Gasteiger partial charge in [0.1, 0.15) is 5.75 Å². The first kappa shape index (κ1) is 23.8. The lowest BCUT2D eigenvalue weighted by molar-refractivity contribution is -0.274. The van der Waals surface area contributed by atoms with Gasteiger partial charge in [-0.3, -0.25) is 4.72 Å². The number of halogens is 3. The molecule has 0 bridgehead atoms. The largest absolute Gasteiger partial charge is 0.573 e. The summed E-state index contributed by atoms with van der Waals surface area (Å²) in [5, 5.41) is 8.64. The average Bonchev–Trinajstić information content (AvgIpc) is 2.79. The van der Waals surface area contributed by atoms with E-state index < -0.39 is 22.1 Å². The SMILES string of the molecule is CC1CCN(c2ccc(-c3ccc(NS(=O)(=O)c4ccc(OC(F)(F)F)cc4)cc3)nn2)CC1. The zero-order chi connectivity index (χ0) is 24.3. The van der Waals surface area contributed by atoms with Crippen LogP contribution in [0.15, 0.2) is 65.6 Å². The molecule has 0 radical (unpaired) electrons. The van der Waals surface area contributed by atoms with Gasteiger partial charge in [0.05, 0.1) is 10.6 Å². The third-order valence-corrected chi connectivity index (χ3v) is 6.96. The fourth-order valence-corrected chi connectivity index (χ4v) is 4.69. The van der Waals surface area contributed by atoms with Crippen molar-refractivity contribution in [1.82, 2.24) is 10.2 Å². The quantitative estimate of drug-likeness (QED) is 0.517. The van der Waals surface area contributed by atoms with Crippen LogP contribution in [0.5, 0.6) is 5.75 Å². The third-order valence-electron chi connectivity index (χ3n) is 5.56. The number of nitrogens with zero attached hydrogens (tertiary/aromatic N) is 3. The Balaban J connectivity index is 1.41. The molecule has 1 aromatic heterocycles. The Morgan fingerprint density at radius 3 is 2.15 bits per heavy atom. The molecule has 0 amide bonds. The monoisotopic (exact) mass is 492 g/mol. The molecular weight excluding hydrogens is 469 g/mol. The van der Waals surface area contributed by atoms with E-state index in [1.807, 2.05) is 12.1 Å². The van der Waals surface area contributed by atoms with E-state index in [1.165, 1.54) is 0 Å². The Labute approximate surface area is 195 Å². The predicted octanol–water partition coefficient (Wildman–Crippen LogP) is 5.08. The van der Waals surface area contributed by atoms with Crippen LogP contribution in [-0.2, 0) is 10.0 Å². The Bertz CT molecular complexity index is 1210. The van der Waals surface area contributed by atoms with E-state index in [-0.39, 0.29) is 4.90 Å². The van der Waals surface area contributed by atoms with Crippen molar-refractivity contribution in [3.05, 3.63) is 60.7 Å². The third kappa shape index (κ3) is 5.96. The first-order valence-electron chi connectivity index (χ1n) is 10.7. The summed E-state index contributed by atoms with van der Waals surface area (Å²) in [7, 11) is -3.99. The van der Waals surface area contributed by atoms with Gasteiger partial charge in [-0.05, 0) is 67.3 Å². The van der Waals surface area contributed by atoms with Crippen LogP contribution in [0.4, 0.5) is 24.7 Å². The maximum Gasteiger partial charge on any atom is 0.573 e. The lowest BCUT2D eigenvalue weighted by Crippen LogP contribution is -2.33. The van der Waals surface area contributed by atoms with Gasteiger partial charge < -0.3 is 9.64 Å². The molecule has 1 aliphatic heterocycles. The summed E-state index contributed by atoms with van der Waals surface area (Å²) in [5.74, 6) is 1.06. The summed E-state index contributed by atoms with van der Waals surface area (Å²) in [4.78, 5) is 2.02. The summed E-state index contributed by atoms with van der Waals surface area (Å²) >= 11 is 0. The van der Waals surface area contributed by atoms with E-state index in [0.717, 1.165) is 67.5 Å². The fourth-order valence-electron chi connectivity index (χ4n) is 3.63. The van der Waals surface area contributed by atoms with Crippen molar-refractivity contribution in [2.24, 2.45) is 5.92 Å². The second-order valence-corrected chi connectivity index (χ2v) is 9.83. The van der Waals surface area contributed by atoms with Gasteiger partial charge in [-0.1, -0.05) is 19.1 Å². The van der Waals surface area contributed by atoms with Crippen molar-refractivity contribution < 1.29 is 26.3 Å². The molecule has 4 rings (SSSR count). The molecule has 1 N–H and O–H groups in total. The van der Waals surface area contributed by atoms with Crippen LogP contribution in [0.2, 0.25) is 0 Å². The molecule has 34 heavy (non-hydrogen) atoms. The molecule has 0 unspecified atom stereocenters. The van der Waals surface area contributed by atoms with E-state index in [4.69, 9.17) is 0 Å². The van der Waals surface area contributed by atoms with Gasteiger partial charge >= 0.3 is 6.36 Å². The lowest BCUT2D eigenvalue weighted by atomic mass is 9.99. The molecule has 1 aliphatic rings. The van der Waals surface area contributed by atoms with E-state index in [1.54, 1.807) is 24.3 Å². The highest BCUT2D eigenvalue weighted by molar-refractivity contribution is 7.92. The van der Waals surface area contributed by atoms with E-state index in [2.05, 4.69) is 31.5 Å². The lowest BCUT2D eigenvalue weighted by Gasteiger charge is -2.30. The van der Waals surface area contributed by atoms with E-state index in [0.29, 0.717) is 11.4 Å². The van der Waals surface area contributed by atoms with Crippen LogP contribution >= 0.6 is 0 Å². The number of aromatic nitrogens is 2. The van der Waals surface area contributed by atoms with Crippen LogP contribution in [-0.4, -0.2) is 38.1 Å². The summed E-state index contributed by atoms with van der Waals surface area (Å²) in [6.45, 7) is 4.17. The van der Waals surface area contributed by atoms with Gasteiger partial charge in [0.25, 0.3) is 10.0 Å². The topological polar surface area (TPSA) is 84.4 Å². The summed E-state index contributed by atoms with van der Waals surface area (Å²) in [5.41, 5.74) is 1.72. The smallest absolute Gasteiger partial charge is 0.406 e. The van der Waals surface area contributed by atoms with Crippen LogP contribution in [0.1, 0.15) is 19.8 Å². The second-order valence-electron chi connectivity index (χ2n) is 8.15. The zero-order valence-corrected chi connectivity index (χ0v) is 19.1. The molecule has 0 spiro atoms. The van der Waals surface area contributed by atoms with Crippen LogP contribution in [0.25, 0.3) is 11.3 Å². The van der Waals surface area contributed by atoms with Crippen molar-refractivity contribution in [1.29, 1.82) is 0 Å². The molecule has 0 saturated carbocycles. The highest BCUT2D eigenvalue weighted by Crippen LogP contribution is 2.26. The number of alkyl halides is 3. The summed E-state index contributed by atoms with van der Waals surface area (Å²) in [6.07, 6.45) is -2.59. The van der Waals surface area contributed by atoms with Gasteiger partial charge in [-0.25, -0.2) is 8.42 Å². The van der Waals surface area contributed by atoms with E-state index in [9.17, 15) is 21.6 Å². The standard InChI is InChI=1S/C23H23F3N4O3S/c1-16-12-14-30(15-13-16)22-11-10-21(27-28-22)17-2-4-18(5-3-17)29-34(31,32)20-8-6-19(7-9-20)33-23(24,25)26/h2-11,16,29H,12-15H2,1H3. The molecule has 180 valence electrons. The Kier molecular flexibility index (Phi) is 6.65. The molecule has 2 aromatic carbocycles. The summed E-state index contributed by atoms with van der Waals surface area (Å²) in [6, 6.07) is 14.4. The minimum atomic E-state index is -4.85. The Hall–Kier alpha value is -3.34. The first-order chi connectivity index (χ1) is 16.1. The molecule has 11 heteroatoms. The normalized spacial score (nSPS) is 15.2. The van der Waals surface area contributed by atoms with Crippen molar-refractivity contribution in [2.45, 2.75) is 31.0 Å². The molecule has 7 nitrogen and oxygen atoms in total. The molecular formula is C23H23F3N4O3S. The van der Waals surface area contributed by atoms with Crippen LogP contribution < -0.4 is 14.4 Å². The number of ether oxygens (including phenoxy) is 1. The number of anilines is 2. The van der Waals surface area contributed by atoms with Gasteiger partial charge in [-0.2, -0.15) is 0 Å². The Morgan fingerprint density at radius 1 is 0.941 bits per heavy atom. The number of hydrogen-bond acceptors (Lipinski definition) is 6. The van der Waals surface area contributed by atoms with Gasteiger partial charge in [0.2, 0.25) is 0 Å². The maximum absolute atomic E-state index is 12.6. The van der Waals surface area contributed by atoms with Crippen molar-refractivity contribution in [3.63, 3.8) is 0 Å². The highest BCUT2D eigenvalue weighted by Gasteiger charge is 2.31. The number of piperidine rings is 1. The van der Waals surface area contributed by atoms with Gasteiger partial charge in [0.15, 0.2) is 5.82 Å². The number of rotatable bonds is 6. The zero-order valence-electron chi connectivity index (χ0n) is 18.3. The molecule has 3 aromatic rings. The maximum atomic E-state index is 12.6. The molecule has 1 saturated heterocycles. The fraction of sp³-hybridized carbons (Fsp3) is 0.304. The number of benzene rings is 2. The number of sulfonamides is 1. The van der Waals surface area contributed by atoms with E-state index >= 15 is 0 Å². The average molecular weight is 493 g/mol. The first-order valence-corrected chi connectivity index (χ1v) is 12.2. The highest BCUT2D eigenvalue weighted by atomic mass is 32.2. The Morgan fingerprint density at radius 2 is 1.59 bits per heavy atom. The number of hydrogen-bond donors (Lipinski definition) is 1. The number of nitrogens with one attached hydrogen (secondary N) is 1. The minimum Gasteiger partial charge on any atom is -0.406 e. The van der Waals surface area contributed by atoms with Gasteiger partial charge in [0, 0.05) is 24.3 Å². The van der Waals surface area contributed by atoms with Crippen LogP contribution in [0, 0.1) is 5.92 Å². The molecule has 0 atom stereocenters. The van der Waals surface area contributed by atoms with Crippen molar-refractivity contribution >= 4 is 21.5 Å². The van der Waals surface area contributed by atoms with Gasteiger partial charge in [-0.15, -0.1) is 23.4 Å². The molecule has 1 fully saturated rings. The molecule has 2 heterocycles. The van der Waals surface area contributed by atoms with Crippen LogP contribution in [0.3, 0.4) is 0 Å². The summed E-state index contributed by atoms with van der Waals surface area (Å²) < 4.78 is 68.1. The minimum absolute atomic E-state index is 0.195. The molecule has 0 aliphatic carbocycles. The predicted molar refractivity (Wildman–Crippen MR) is 122 cm³/mol. The van der Waals surface area contributed by atoms with Crippen molar-refractivity contribution in [3.8, 4) is 17.0 Å². The van der Waals surface area contributed by atoms with Crippen molar-refractivity contribution in [2.75, 3.05) is 22.7 Å².